The van der Waals surface area contributed by atoms with Crippen LogP contribution in [0.4, 0.5) is 5.69 Å². The van der Waals surface area contributed by atoms with Gasteiger partial charge in [-0.1, -0.05) is 23.2 Å². The number of halogens is 2. The molecule has 0 saturated heterocycles. The van der Waals surface area contributed by atoms with Gasteiger partial charge in [0.2, 0.25) is 0 Å². The molecule has 3 aromatic rings. The minimum absolute atomic E-state index is 0.250. The number of nitrogens with zero attached hydrogens (tertiary/aromatic N) is 3. The van der Waals surface area contributed by atoms with Crippen LogP contribution in [0.2, 0.25) is 10.0 Å². The Morgan fingerprint density at radius 2 is 1.87 bits per heavy atom. The number of ether oxygens (including phenoxy) is 1. The van der Waals surface area contributed by atoms with Crippen molar-refractivity contribution in [3.63, 3.8) is 0 Å². The van der Waals surface area contributed by atoms with E-state index in [9.17, 15) is 4.79 Å². The van der Waals surface area contributed by atoms with E-state index < -0.39 is 0 Å². The van der Waals surface area contributed by atoms with Crippen molar-refractivity contribution in [2.75, 3.05) is 12.4 Å². The normalized spacial score (nSPS) is 10.6. The van der Waals surface area contributed by atoms with E-state index in [2.05, 4.69) is 20.3 Å². The second-order valence-corrected chi connectivity index (χ2v) is 5.35. The Bertz CT molecular complexity index is 882. The minimum Gasteiger partial charge on any atom is -0.494 e. The summed E-state index contributed by atoms with van der Waals surface area (Å²) in [6, 6.07) is 3.29. The van der Waals surface area contributed by atoms with Gasteiger partial charge in [-0.25, -0.2) is 9.97 Å². The van der Waals surface area contributed by atoms with Crippen molar-refractivity contribution in [1.29, 1.82) is 0 Å². The number of hydrogen-bond donors (Lipinski definition) is 1. The number of fused-ring (bicyclic) bond motifs is 1. The van der Waals surface area contributed by atoms with Crippen LogP contribution in [0.15, 0.2) is 37.1 Å². The monoisotopic (exact) mass is 348 g/mol. The number of anilines is 1. The Hall–Kier alpha value is -2.44. The lowest BCUT2D eigenvalue weighted by molar-refractivity contribution is 0.102. The highest BCUT2D eigenvalue weighted by Gasteiger charge is 2.16. The van der Waals surface area contributed by atoms with Crippen LogP contribution in [-0.4, -0.2) is 28.0 Å². The molecule has 116 valence electrons. The molecule has 2 heterocycles. The number of pyridine rings is 1. The smallest absolute Gasteiger partial charge is 0.256 e. The van der Waals surface area contributed by atoms with Crippen LogP contribution in [0, 0.1) is 0 Å². The fourth-order valence-corrected chi connectivity index (χ4v) is 2.58. The maximum atomic E-state index is 12.6. The predicted molar refractivity (Wildman–Crippen MR) is 88.3 cm³/mol. The number of carbonyl (C=O) groups excluding carboxylic acids is 1. The lowest BCUT2D eigenvalue weighted by Gasteiger charge is -2.11. The molecule has 3 rings (SSSR count). The van der Waals surface area contributed by atoms with Crippen LogP contribution in [0.3, 0.4) is 0 Å². The zero-order chi connectivity index (χ0) is 16.4. The quantitative estimate of drug-likeness (QED) is 0.782. The summed E-state index contributed by atoms with van der Waals surface area (Å²) in [5.41, 5.74) is 1.22. The first-order chi connectivity index (χ1) is 11.1. The number of rotatable bonds is 3. The second kappa shape index (κ2) is 6.36. The maximum Gasteiger partial charge on any atom is 0.256 e. The van der Waals surface area contributed by atoms with E-state index in [4.69, 9.17) is 27.9 Å². The van der Waals surface area contributed by atoms with Crippen LogP contribution < -0.4 is 10.1 Å². The summed E-state index contributed by atoms with van der Waals surface area (Å²) in [5, 5.41) is 3.75. The Kier molecular flexibility index (Phi) is 4.27. The van der Waals surface area contributed by atoms with Gasteiger partial charge in [0.05, 0.1) is 28.4 Å². The number of hydrogen-bond acceptors (Lipinski definition) is 5. The van der Waals surface area contributed by atoms with Crippen LogP contribution in [0.5, 0.6) is 5.75 Å². The van der Waals surface area contributed by atoms with Crippen LogP contribution in [-0.2, 0) is 0 Å². The van der Waals surface area contributed by atoms with Gasteiger partial charge in [-0.05, 0) is 12.1 Å². The molecule has 1 aromatic carbocycles. The van der Waals surface area contributed by atoms with Crippen LogP contribution in [0.25, 0.3) is 10.9 Å². The molecule has 0 bridgehead atoms. The molecule has 1 amide bonds. The van der Waals surface area contributed by atoms with E-state index in [0.717, 1.165) is 0 Å². The fourth-order valence-electron chi connectivity index (χ4n) is 2.13. The molecule has 0 fully saturated rings. The third-order valence-electron chi connectivity index (χ3n) is 3.19. The van der Waals surface area contributed by atoms with Gasteiger partial charge in [-0.15, -0.1) is 0 Å². The molecule has 0 aliphatic heterocycles. The zero-order valence-corrected chi connectivity index (χ0v) is 13.4. The van der Waals surface area contributed by atoms with Crippen molar-refractivity contribution >= 4 is 45.7 Å². The molecule has 0 aliphatic carbocycles. The summed E-state index contributed by atoms with van der Waals surface area (Å²) in [6.07, 6.45) is 5.75. The fraction of sp³-hybridized carbons (Fsp3) is 0.0667. The van der Waals surface area contributed by atoms with Gasteiger partial charge >= 0.3 is 0 Å². The molecular weight excluding hydrogens is 339 g/mol. The van der Waals surface area contributed by atoms with Crippen molar-refractivity contribution in [1.82, 2.24) is 15.0 Å². The number of benzene rings is 1. The van der Waals surface area contributed by atoms with Gasteiger partial charge in [-0.3, -0.25) is 9.78 Å². The van der Waals surface area contributed by atoms with Crippen molar-refractivity contribution in [2.24, 2.45) is 0 Å². The van der Waals surface area contributed by atoms with E-state index in [1.54, 1.807) is 18.3 Å². The van der Waals surface area contributed by atoms with Crippen LogP contribution >= 0.6 is 23.2 Å². The molecule has 0 aliphatic rings. The van der Waals surface area contributed by atoms with Gasteiger partial charge in [0.1, 0.15) is 17.6 Å². The topological polar surface area (TPSA) is 77.0 Å². The molecule has 1 N–H and O–H groups in total. The van der Waals surface area contributed by atoms with Crippen molar-refractivity contribution in [3.8, 4) is 5.75 Å². The van der Waals surface area contributed by atoms with Gasteiger partial charge in [0.15, 0.2) is 0 Å². The highest BCUT2D eigenvalue weighted by molar-refractivity contribution is 6.39. The maximum absolute atomic E-state index is 12.6. The number of carbonyl (C=O) groups is 1. The minimum atomic E-state index is -0.387. The molecule has 0 spiro atoms. The molecule has 0 saturated carbocycles. The summed E-state index contributed by atoms with van der Waals surface area (Å²) in [6.45, 7) is 0. The molecule has 0 radical (unpaired) electrons. The molecular formula is C15H10Cl2N4O2. The summed E-state index contributed by atoms with van der Waals surface area (Å²) in [7, 11) is 1.53. The van der Waals surface area contributed by atoms with Crippen molar-refractivity contribution < 1.29 is 9.53 Å². The summed E-state index contributed by atoms with van der Waals surface area (Å²) >= 11 is 12.0. The first-order valence-electron chi connectivity index (χ1n) is 6.49. The van der Waals surface area contributed by atoms with Gasteiger partial charge in [0, 0.05) is 24.0 Å². The lowest BCUT2D eigenvalue weighted by Crippen LogP contribution is -2.13. The molecule has 6 nitrogen and oxygen atoms in total. The average molecular weight is 349 g/mol. The van der Waals surface area contributed by atoms with Crippen molar-refractivity contribution in [3.05, 3.63) is 52.7 Å². The van der Waals surface area contributed by atoms with Crippen molar-refractivity contribution in [2.45, 2.75) is 0 Å². The highest BCUT2D eigenvalue weighted by Crippen LogP contribution is 2.31. The van der Waals surface area contributed by atoms with E-state index in [-0.39, 0.29) is 16.0 Å². The van der Waals surface area contributed by atoms with Crippen LogP contribution in [0.1, 0.15) is 10.4 Å². The third kappa shape index (κ3) is 2.91. The molecule has 2 aromatic heterocycles. The first kappa shape index (κ1) is 15.5. The van der Waals surface area contributed by atoms with E-state index in [1.807, 2.05) is 0 Å². The van der Waals surface area contributed by atoms with Gasteiger partial charge in [0.25, 0.3) is 5.91 Å². The summed E-state index contributed by atoms with van der Waals surface area (Å²) < 4.78 is 5.25. The molecule has 0 unspecified atom stereocenters. The van der Waals surface area contributed by atoms with Gasteiger partial charge < -0.3 is 10.1 Å². The third-order valence-corrected chi connectivity index (χ3v) is 3.77. The number of nitrogens with one attached hydrogen (secondary N) is 1. The Labute approximate surface area is 141 Å². The average Bonchev–Trinajstić information content (AvgIpc) is 2.57. The summed E-state index contributed by atoms with van der Waals surface area (Å²) in [4.78, 5) is 24.6. The molecule has 0 atom stereocenters. The van der Waals surface area contributed by atoms with E-state index in [1.165, 1.54) is 25.8 Å². The van der Waals surface area contributed by atoms with E-state index >= 15 is 0 Å². The number of amides is 1. The standard InChI is InChI=1S/C15H10Cl2N4O2/c1-23-12-3-2-8(9-4-19-7-20-13(9)12)15(22)21-14-10(16)5-18-6-11(14)17/h2-7H,1H3,(H,18,21,22). The molecule has 23 heavy (non-hydrogen) atoms. The SMILES string of the molecule is COc1ccc(C(=O)Nc2c(Cl)cncc2Cl)c2cncnc12. The highest BCUT2D eigenvalue weighted by atomic mass is 35.5. The van der Waals surface area contributed by atoms with Gasteiger partial charge in [-0.2, -0.15) is 0 Å². The summed E-state index contributed by atoms with van der Waals surface area (Å²) in [5.74, 6) is 0.168. The molecule has 8 heteroatoms. The Balaban J connectivity index is 2.05. The number of methoxy groups -OCH3 is 1. The predicted octanol–water partition coefficient (Wildman–Crippen LogP) is 3.59. The Morgan fingerprint density at radius 1 is 1.13 bits per heavy atom. The first-order valence-corrected chi connectivity index (χ1v) is 7.24. The zero-order valence-electron chi connectivity index (χ0n) is 11.9. The second-order valence-electron chi connectivity index (χ2n) is 4.53. The van der Waals surface area contributed by atoms with E-state index in [0.29, 0.717) is 27.9 Å². The largest absolute Gasteiger partial charge is 0.494 e. The number of aromatic nitrogens is 3. The lowest BCUT2D eigenvalue weighted by atomic mass is 10.1. The Morgan fingerprint density at radius 3 is 2.57 bits per heavy atom.